The van der Waals surface area contributed by atoms with Crippen LogP contribution in [0.1, 0.15) is 89.9 Å². The first kappa shape index (κ1) is 21.1. The van der Waals surface area contributed by atoms with Crippen LogP contribution in [0.4, 0.5) is 5.82 Å². The largest absolute Gasteiger partial charge is 0.490 e. The van der Waals surface area contributed by atoms with Crippen molar-refractivity contribution in [2.24, 2.45) is 4.99 Å². The minimum atomic E-state index is 0.325. The lowest BCUT2D eigenvalue weighted by Crippen LogP contribution is -2.18. The van der Waals surface area contributed by atoms with Crippen LogP contribution in [0.2, 0.25) is 0 Å². The van der Waals surface area contributed by atoms with E-state index in [0.29, 0.717) is 6.10 Å². The number of nitrogens with one attached hydrogen (secondary N) is 1. The van der Waals surface area contributed by atoms with Gasteiger partial charge in [0.15, 0.2) is 0 Å². The van der Waals surface area contributed by atoms with Crippen LogP contribution in [-0.4, -0.2) is 28.5 Å². The fraction of sp³-hybridized carbons (Fsp3) is 0.640. The summed E-state index contributed by atoms with van der Waals surface area (Å²) in [5, 5.41) is 4.55. The Balaban J connectivity index is 1.51. The van der Waals surface area contributed by atoms with Crippen LogP contribution in [0.3, 0.4) is 0 Å². The number of hydrogen-bond acceptors (Lipinski definition) is 5. The van der Waals surface area contributed by atoms with Gasteiger partial charge in [0.25, 0.3) is 0 Å². The second-order valence-corrected chi connectivity index (χ2v) is 8.81. The van der Waals surface area contributed by atoms with E-state index >= 15 is 0 Å². The zero-order valence-corrected chi connectivity index (χ0v) is 18.2. The van der Waals surface area contributed by atoms with Gasteiger partial charge in [-0.3, -0.25) is 4.99 Å². The number of hydrogen-bond donors (Lipinski definition) is 1. The van der Waals surface area contributed by atoms with Crippen LogP contribution in [-0.2, 0) is 0 Å². The summed E-state index contributed by atoms with van der Waals surface area (Å²) < 4.78 is 6.40. The molecule has 4 rings (SSSR count). The summed E-state index contributed by atoms with van der Waals surface area (Å²) in [4.78, 5) is 13.9. The Labute approximate surface area is 180 Å². The van der Waals surface area contributed by atoms with Crippen LogP contribution in [0.15, 0.2) is 29.5 Å². The molecule has 0 saturated heterocycles. The van der Waals surface area contributed by atoms with Crippen molar-refractivity contribution in [1.29, 1.82) is 0 Å². The van der Waals surface area contributed by atoms with E-state index in [-0.39, 0.29) is 0 Å². The fourth-order valence-electron chi connectivity index (χ4n) is 4.58. The average Bonchev–Trinajstić information content (AvgIpc) is 2.75. The molecule has 0 amide bonds. The van der Waals surface area contributed by atoms with E-state index in [1.165, 1.54) is 70.6 Å². The molecule has 1 aromatic heterocycles. The number of nitrogens with zero attached hydrogens (tertiary/aromatic N) is 3. The lowest BCUT2D eigenvalue weighted by atomic mass is 9.98. The molecule has 1 aromatic carbocycles. The van der Waals surface area contributed by atoms with Gasteiger partial charge >= 0.3 is 0 Å². The number of rotatable bonds is 3. The second kappa shape index (κ2) is 11.3. The molecular weight excluding hydrogens is 372 g/mol. The van der Waals surface area contributed by atoms with Gasteiger partial charge in [-0.25, -0.2) is 9.97 Å². The molecule has 162 valence electrons. The molecule has 2 aliphatic rings. The number of fused-ring (bicyclic) bond motifs is 1. The van der Waals surface area contributed by atoms with Crippen LogP contribution in [0.25, 0.3) is 10.9 Å². The van der Waals surface area contributed by atoms with Crippen molar-refractivity contribution in [3.63, 3.8) is 0 Å². The molecule has 0 unspecified atom stereocenters. The van der Waals surface area contributed by atoms with Crippen LogP contribution in [0, 0.1) is 0 Å². The number of aliphatic imine (C=N–C) groups is 1. The van der Waals surface area contributed by atoms with E-state index in [4.69, 9.17) is 9.73 Å². The van der Waals surface area contributed by atoms with Crippen LogP contribution in [0.5, 0.6) is 5.75 Å². The van der Waals surface area contributed by atoms with Gasteiger partial charge in [-0.1, -0.05) is 44.9 Å². The Hall–Kier alpha value is -2.17. The second-order valence-electron chi connectivity index (χ2n) is 8.81. The van der Waals surface area contributed by atoms with Crippen molar-refractivity contribution in [2.75, 3.05) is 11.9 Å². The summed E-state index contributed by atoms with van der Waals surface area (Å²) in [7, 11) is 0. The molecule has 1 N–H and O–H groups in total. The number of benzene rings is 1. The third-order valence-corrected chi connectivity index (χ3v) is 6.35. The topological polar surface area (TPSA) is 59.4 Å². The highest BCUT2D eigenvalue weighted by molar-refractivity contribution is 6.01. The minimum absolute atomic E-state index is 0.325. The van der Waals surface area contributed by atoms with Gasteiger partial charge in [-0.15, -0.1) is 0 Å². The normalized spacial score (nSPS) is 20.1. The molecule has 5 nitrogen and oxygen atoms in total. The number of amidine groups is 1. The van der Waals surface area contributed by atoms with Crippen molar-refractivity contribution >= 4 is 22.6 Å². The quantitative estimate of drug-likeness (QED) is 0.615. The van der Waals surface area contributed by atoms with E-state index in [0.717, 1.165) is 54.1 Å². The van der Waals surface area contributed by atoms with Gasteiger partial charge in [0.1, 0.15) is 23.7 Å². The summed E-state index contributed by atoms with van der Waals surface area (Å²) in [6.07, 6.45) is 19.5. The van der Waals surface area contributed by atoms with Crippen molar-refractivity contribution in [3.05, 3.63) is 24.5 Å². The first-order valence-electron chi connectivity index (χ1n) is 12.1. The summed E-state index contributed by atoms with van der Waals surface area (Å²) in [6, 6.07) is 6.21. The molecule has 2 heterocycles. The molecule has 1 aliphatic carbocycles. The first-order valence-corrected chi connectivity index (χ1v) is 12.1. The highest BCUT2D eigenvalue weighted by Gasteiger charge is 2.14. The maximum atomic E-state index is 6.40. The molecule has 2 aromatic rings. The maximum Gasteiger partial charge on any atom is 0.142 e. The van der Waals surface area contributed by atoms with Crippen molar-refractivity contribution in [2.45, 2.75) is 96.0 Å². The Bertz CT molecular complexity index is 827. The van der Waals surface area contributed by atoms with Gasteiger partial charge < -0.3 is 10.1 Å². The summed E-state index contributed by atoms with van der Waals surface area (Å²) in [5.41, 5.74) is 0.943. The number of ether oxygens (including phenoxy) is 1. The van der Waals surface area contributed by atoms with E-state index in [1.54, 1.807) is 6.33 Å². The molecule has 30 heavy (non-hydrogen) atoms. The van der Waals surface area contributed by atoms with E-state index < -0.39 is 0 Å². The van der Waals surface area contributed by atoms with Crippen LogP contribution >= 0.6 is 0 Å². The molecule has 1 saturated carbocycles. The predicted octanol–water partition coefficient (Wildman–Crippen LogP) is 6.68. The molecule has 5 heteroatoms. The molecule has 1 fully saturated rings. The highest BCUT2D eigenvalue weighted by Crippen LogP contribution is 2.28. The van der Waals surface area contributed by atoms with Crippen molar-refractivity contribution < 1.29 is 4.74 Å². The minimum Gasteiger partial charge on any atom is -0.490 e. The number of aromatic nitrogens is 2. The van der Waals surface area contributed by atoms with Crippen LogP contribution < -0.4 is 10.1 Å². The first-order chi connectivity index (χ1) is 14.9. The molecule has 0 radical (unpaired) electrons. The molecule has 0 atom stereocenters. The van der Waals surface area contributed by atoms with Gasteiger partial charge in [0.05, 0.1) is 11.6 Å². The Morgan fingerprint density at radius 1 is 0.800 bits per heavy atom. The average molecular weight is 409 g/mol. The van der Waals surface area contributed by atoms with Gasteiger partial charge in [-0.05, 0) is 56.7 Å². The monoisotopic (exact) mass is 408 g/mol. The lowest BCUT2D eigenvalue weighted by Gasteiger charge is -2.21. The van der Waals surface area contributed by atoms with Gasteiger partial charge in [-0.2, -0.15) is 0 Å². The lowest BCUT2D eigenvalue weighted by molar-refractivity contribution is 0.167. The number of anilines is 1. The Morgan fingerprint density at radius 3 is 2.37 bits per heavy atom. The van der Waals surface area contributed by atoms with E-state index in [9.17, 15) is 0 Å². The smallest absolute Gasteiger partial charge is 0.142 e. The van der Waals surface area contributed by atoms with E-state index in [2.05, 4.69) is 33.5 Å². The van der Waals surface area contributed by atoms with Crippen molar-refractivity contribution in [3.8, 4) is 5.75 Å². The zero-order valence-electron chi connectivity index (χ0n) is 18.2. The van der Waals surface area contributed by atoms with Gasteiger partial charge in [0.2, 0.25) is 0 Å². The fourth-order valence-corrected chi connectivity index (χ4v) is 4.58. The standard InChI is InChI=1S/C25H36N4O/c1-2-7-11-17-26-24(14-10-6-1)29-25-22-18-21(15-16-23(22)27-19-28-25)30-20-12-8-4-3-5-9-13-20/h15-16,18-20H,1-14,17H2,(H,26,27,28,29). The SMILES string of the molecule is c1nc(NC2=NCCCCCCCC2)c2cc(OC3CCCCCCC3)ccc2n1. The maximum absolute atomic E-state index is 6.40. The Kier molecular flexibility index (Phi) is 7.93. The van der Waals surface area contributed by atoms with Gasteiger partial charge in [0, 0.05) is 18.4 Å². The summed E-state index contributed by atoms with van der Waals surface area (Å²) in [6.45, 7) is 0.904. The third kappa shape index (κ3) is 6.16. The molecule has 0 bridgehead atoms. The third-order valence-electron chi connectivity index (χ3n) is 6.35. The summed E-state index contributed by atoms with van der Waals surface area (Å²) >= 11 is 0. The molecule has 0 spiro atoms. The zero-order chi connectivity index (χ0) is 20.4. The molecular formula is C25H36N4O. The Morgan fingerprint density at radius 2 is 1.53 bits per heavy atom. The molecule has 1 aliphatic heterocycles. The predicted molar refractivity (Wildman–Crippen MR) is 125 cm³/mol. The highest BCUT2D eigenvalue weighted by atomic mass is 16.5. The van der Waals surface area contributed by atoms with E-state index in [1.807, 2.05) is 0 Å². The summed E-state index contributed by atoms with van der Waals surface area (Å²) in [5.74, 6) is 2.83. The van der Waals surface area contributed by atoms with Crippen molar-refractivity contribution in [1.82, 2.24) is 9.97 Å².